The largest absolute Gasteiger partial charge is 0.394 e. The molecular weight excluding hydrogens is 404 g/mol. The van der Waals surface area contributed by atoms with Crippen LogP contribution in [0.3, 0.4) is 0 Å². The third-order valence-corrected chi connectivity index (χ3v) is 5.04. The van der Waals surface area contributed by atoms with Crippen LogP contribution < -0.4 is 10.6 Å². The van der Waals surface area contributed by atoms with E-state index in [1.807, 2.05) is 23.6 Å². The zero-order valence-corrected chi connectivity index (χ0v) is 17.4. The van der Waals surface area contributed by atoms with Gasteiger partial charge in [0.15, 0.2) is 0 Å². The summed E-state index contributed by atoms with van der Waals surface area (Å²) in [5, 5.41) is 25.6. The minimum Gasteiger partial charge on any atom is -0.394 e. The van der Waals surface area contributed by atoms with E-state index in [2.05, 4.69) is 15.6 Å². The van der Waals surface area contributed by atoms with Crippen molar-refractivity contribution in [2.75, 3.05) is 18.5 Å². The smallest absolute Gasteiger partial charge is 0.253 e. The fourth-order valence-electron chi connectivity index (χ4n) is 3.04. The Kier molecular flexibility index (Phi) is 7.46. The molecule has 158 valence electrons. The quantitative estimate of drug-likeness (QED) is 0.419. The van der Waals surface area contributed by atoms with Crippen LogP contribution in [0.4, 0.5) is 5.82 Å². The van der Waals surface area contributed by atoms with Gasteiger partial charge in [-0.2, -0.15) is 0 Å². The number of rotatable bonds is 9. The van der Waals surface area contributed by atoms with E-state index in [0.29, 0.717) is 16.4 Å². The number of hydrogen-bond acceptors (Lipinski definition) is 5. The SMILES string of the molecule is CCC(CO)Nc1cc(-n2ccc(C(=O)NC(CO)c3cccc(Cl)c3)c2)ccn1. The van der Waals surface area contributed by atoms with Crippen LogP contribution in [0.15, 0.2) is 61.1 Å². The van der Waals surface area contributed by atoms with Crippen molar-refractivity contribution in [2.24, 2.45) is 0 Å². The van der Waals surface area contributed by atoms with Gasteiger partial charge in [-0.3, -0.25) is 4.79 Å². The number of aromatic nitrogens is 2. The summed E-state index contributed by atoms with van der Waals surface area (Å²) in [6.45, 7) is 1.77. The maximum absolute atomic E-state index is 12.7. The number of benzene rings is 1. The lowest BCUT2D eigenvalue weighted by Crippen LogP contribution is -2.30. The third kappa shape index (κ3) is 5.38. The number of nitrogens with zero attached hydrogens (tertiary/aromatic N) is 2. The summed E-state index contributed by atoms with van der Waals surface area (Å²) >= 11 is 6.01. The lowest BCUT2D eigenvalue weighted by atomic mass is 10.1. The first-order valence-electron chi connectivity index (χ1n) is 9.73. The molecule has 0 aliphatic heterocycles. The van der Waals surface area contributed by atoms with Crippen LogP contribution in [0.25, 0.3) is 5.69 Å². The fourth-order valence-corrected chi connectivity index (χ4v) is 3.23. The fraction of sp³-hybridized carbons (Fsp3) is 0.273. The van der Waals surface area contributed by atoms with E-state index in [1.54, 1.807) is 48.9 Å². The van der Waals surface area contributed by atoms with Crippen LogP contribution in [-0.2, 0) is 0 Å². The second-order valence-corrected chi connectivity index (χ2v) is 7.34. The van der Waals surface area contributed by atoms with Crippen LogP contribution >= 0.6 is 11.6 Å². The Morgan fingerprint density at radius 3 is 2.73 bits per heavy atom. The molecule has 30 heavy (non-hydrogen) atoms. The van der Waals surface area contributed by atoms with Gasteiger partial charge in [-0.1, -0.05) is 30.7 Å². The molecule has 7 nitrogen and oxygen atoms in total. The van der Waals surface area contributed by atoms with Gasteiger partial charge in [-0.25, -0.2) is 4.98 Å². The number of aliphatic hydroxyl groups is 2. The molecule has 0 aliphatic carbocycles. The Balaban J connectivity index is 1.73. The monoisotopic (exact) mass is 428 g/mol. The van der Waals surface area contributed by atoms with Crippen LogP contribution in [0.1, 0.15) is 35.3 Å². The molecule has 4 N–H and O–H groups in total. The van der Waals surface area contributed by atoms with E-state index in [4.69, 9.17) is 11.6 Å². The molecule has 1 aromatic carbocycles. The Morgan fingerprint density at radius 1 is 1.20 bits per heavy atom. The Hall–Kier alpha value is -2.87. The molecule has 0 saturated carbocycles. The molecule has 8 heteroatoms. The number of anilines is 1. The second-order valence-electron chi connectivity index (χ2n) is 6.90. The number of nitrogens with one attached hydrogen (secondary N) is 2. The average molecular weight is 429 g/mol. The number of pyridine rings is 1. The van der Waals surface area contributed by atoms with Gasteiger partial charge in [0.2, 0.25) is 0 Å². The summed E-state index contributed by atoms with van der Waals surface area (Å²) in [6, 6.07) is 11.8. The number of aliphatic hydroxyl groups excluding tert-OH is 2. The number of carbonyl (C=O) groups excluding carboxylic acids is 1. The minimum absolute atomic E-state index is 0.0227. The maximum Gasteiger partial charge on any atom is 0.253 e. The number of hydrogen-bond donors (Lipinski definition) is 4. The highest BCUT2D eigenvalue weighted by atomic mass is 35.5. The Morgan fingerprint density at radius 2 is 2.03 bits per heavy atom. The summed E-state index contributed by atoms with van der Waals surface area (Å²) in [4.78, 5) is 17.0. The second kappa shape index (κ2) is 10.2. The molecule has 2 aromatic heterocycles. The summed E-state index contributed by atoms with van der Waals surface area (Å²) in [6.07, 6.45) is 5.94. The summed E-state index contributed by atoms with van der Waals surface area (Å²) < 4.78 is 1.81. The van der Waals surface area contributed by atoms with Crippen molar-refractivity contribution in [2.45, 2.75) is 25.4 Å². The lowest BCUT2D eigenvalue weighted by Gasteiger charge is -2.16. The van der Waals surface area contributed by atoms with E-state index in [0.717, 1.165) is 17.7 Å². The first-order valence-corrected chi connectivity index (χ1v) is 10.1. The molecule has 0 radical (unpaired) electrons. The third-order valence-electron chi connectivity index (χ3n) is 4.80. The zero-order chi connectivity index (χ0) is 21.5. The Bertz CT molecular complexity index is 988. The van der Waals surface area contributed by atoms with Gasteiger partial charge < -0.3 is 25.4 Å². The van der Waals surface area contributed by atoms with E-state index in [9.17, 15) is 15.0 Å². The molecular formula is C22H25ClN4O3. The highest BCUT2D eigenvalue weighted by Crippen LogP contribution is 2.19. The summed E-state index contributed by atoms with van der Waals surface area (Å²) in [5.74, 6) is 0.348. The van der Waals surface area contributed by atoms with Gasteiger partial charge in [-0.15, -0.1) is 0 Å². The van der Waals surface area contributed by atoms with Gasteiger partial charge in [0.1, 0.15) is 5.82 Å². The molecule has 0 bridgehead atoms. The van der Waals surface area contributed by atoms with Crippen LogP contribution in [-0.4, -0.2) is 44.9 Å². The normalized spacial score (nSPS) is 12.9. The zero-order valence-electron chi connectivity index (χ0n) is 16.6. The molecule has 2 unspecified atom stereocenters. The van der Waals surface area contributed by atoms with Crippen molar-refractivity contribution in [3.63, 3.8) is 0 Å². The van der Waals surface area contributed by atoms with Crippen molar-refractivity contribution in [1.29, 1.82) is 0 Å². The van der Waals surface area contributed by atoms with Crippen molar-refractivity contribution in [3.8, 4) is 5.69 Å². The predicted octanol–water partition coefficient (Wildman–Crippen LogP) is 3.17. The number of amides is 1. The van der Waals surface area contributed by atoms with Crippen molar-refractivity contribution < 1.29 is 15.0 Å². The van der Waals surface area contributed by atoms with Crippen molar-refractivity contribution >= 4 is 23.3 Å². The molecule has 0 aliphatic rings. The molecule has 2 heterocycles. The van der Waals surface area contributed by atoms with Gasteiger partial charge in [-0.05, 0) is 36.2 Å². The lowest BCUT2D eigenvalue weighted by molar-refractivity contribution is 0.0916. The van der Waals surface area contributed by atoms with E-state index >= 15 is 0 Å². The van der Waals surface area contributed by atoms with Crippen molar-refractivity contribution in [1.82, 2.24) is 14.9 Å². The van der Waals surface area contributed by atoms with Crippen LogP contribution in [0.2, 0.25) is 5.02 Å². The number of halogens is 1. The van der Waals surface area contributed by atoms with Gasteiger partial charge >= 0.3 is 0 Å². The maximum atomic E-state index is 12.7. The van der Waals surface area contributed by atoms with E-state index < -0.39 is 6.04 Å². The Labute approximate surface area is 180 Å². The van der Waals surface area contributed by atoms with Gasteiger partial charge in [0.25, 0.3) is 5.91 Å². The highest BCUT2D eigenvalue weighted by molar-refractivity contribution is 6.30. The molecule has 0 spiro atoms. The first kappa shape index (κ1) is 21.8. The van der Waals surface area contributed by atoms with Crippen molar-refractivity contribution in [3.05, 3.63) is 77.2 Å². The molecule has 2 atom stereocenters. The minimum atomic E-state index is -0.555. The summed E-state index contributed by atoms with van der Waals surface area (Å²) in [5.41, 5.74) is 2.02. The van der Waals surface area contributed by atoms with Gasteiger partial charge in [0, 0.05) is 29.7 Å². The molecule has 1 amide bonds. The highest BCUT2D eigenvalue weighted by Gasteiger charge is 2.16. The van der Waals surface area contributed by atoms with E-state index in [-0.39, 0.29) is 25.2 Å². The summed E-state index contributed by atoms with van der Waals surface area (Å²) in [7, 11) is 0. The van der Waals surface area contributed by atoms with Gasteiger partial charge in [0.05, 0.1) is 36.5 Å². The molecule has 3 aromatic rings. The standard InChI is InChI=1S/C22H25ClN4O3/c1-2-18(13-28)25-21-11-19(6-8-24-21)27-9-7-16(12-27)22(30)26-20(14-29)15-4-3-5-17(23)10-15/h3-12,18,20,28-29H,2,13-14H2,1H3,(H,24,25)(H,26,30). The topological polar surface area (TPSA) is 99.4 Å². The molecule has 0 fully saturated rings. The van der Waals surface area contributed by atoms with Crippen LogP contribution in [0.5, 0.6) is 0 Å². The first-order chi connectivity index (χ1) is 14.5. The predicted molar refractivity (Wildman–Crippen MR) is 117 cm³/mol. The number of carbonyl (C=O) groups is 1. The molecule has 3 rings (SSSR count). The van der Waals surface area contributed by atoms with E-state index in [1.165, 1.54) is 0 Å². The average Bonchev–Trinajstić information content (AvgIpc) is 3.26. The van der Waals surface area contributed by atoms with Crippen LogP contribution in [0, 0.1) is 0 Å². The molecule has 0 saturated heterocycles.